The van der Waals surface area contributed by atoms with Gasteiger partial charge < -0.3 is 5.32 Å². The maximum Gasteiger partial charge on any atom is 0.243 e. The SMILES string of the molecule is O=C(CSc1n[nH]c(C2CC2)n1)Nc1ccc(S(=O)(=O)N2CCCCCC2)cc1. The number of hydrogen-bond donors (Lipinski definition) is 2. The first-order valence-electron chi connectivity index (χ1n) is 9.97. The van der Waals surface area contributed by atoms with Gasteiger partial charge in [-0.15, -0.1) is 5.10 Å². The lowest BCUT2D eigenvalue weighted by molar-refractivity contribution is -0.113. The van der Waals surface area contributed by atoms with Crippen molar-refractivity contribution in [2.45, 2.75) is 54.5 Å². The van der Waals surface area contributed by atoms with E-state index in [-0.39, 0.29) is 16.6 Å². The number of benzene rings is 1. The molecule has 29 heavy (non-hydrogen) atoms. The topological polar surface area (TPSA) is 108 Å². The van der Waals surface area contributed by atoms with E-state index in [1.807, 2.05) is 0 Å². The second-order valence-corrected chi connectivity index (χ2v) is 10.3. The highest BCUT2D eigenvalue weighted by molar-refractivity contribution is 7.99. The van der Waals surface area contributed by atoms with E-state index in [9.17, 15) is 13.2 Å². The van der Waals surface area contributed by atoms with Gasteiger partial charge in [0, 0.05) is 24.7 Å². The average Bonchev–Trinajstić information content (AvgIpc) is 3.51. The average molecular weight is 436 g/mol. The Kier molecular flexibility index (Phi) is 6.21. The Morgan fingerprint density at radius 3 is 2.48 bits per heavy atom. The summed E-state index contributed by atoms with van der Waals surface area (Å²) in [5.74, 6) is 1.40. The van der Waals surface area contributed by atoms with Crippen LogP contribution in [0.25, 0.3) is 0 Å². The van der Waals surface area contributed by atoms with E-state index < -0.39 is 10.0 Å². The fourth-order valence-electron chi connectivity index (χ4n) is 3.33. The van der Waals surface area contributed by atoms with Gasteiger partial charge in [-0.25, -0.2) is 13.4 Å². The predicted molar refractivity (Wildman–Crippen MR) is 111 cm³/mol. The molecule has 0 bridgehead atoms. The maximum atomic E-state index is 12.8. The number of rotatable bonds is 7. The maximum absolute atomic E-state index is 12.8. The number of hydrogen-bond acceptors (Lipinski definition) is 6. The van der Waals surface area contributed by atoms with Crippen molar-refractivity contribution in [1.82, 2.24) is 19.5 Å². The minimum atomic E-state index is -3.48. The third-order valence-corrected chi connectivity index (χ3v) is 7.88. The lowest BCUT2D eigenvalue weighted by Crippen LogP contribution is -2.31. The van der Waals surface area contributed by atoms with E-state index in [1.165, 1.54) is 11.8 Å². The van der Waals surface area contributed by atoms with E-state index in [4.69, 9.17) is 0 Å². The van der Waals surface area contributed by atoms with E-state index >= 15 is 0 Å². The number of anilines is 1. The minimum Gasteiger partial charge on any atom is -0.325 e. The number of carbonyl (C=O) groups is 1. The highest BCUT2D eigenvalue weighted by atomic mass is 32.2. The van der Waals surface area contributed by atoms with Gasteiger partial charge in [0.15, 0.2) is 0 Å². The zero-order valence-corrected chi connectivity index (χ0v) is 17.8. The molecule has 1 aromatic heterocycles. The van der Waals surface area contributed by atoms with Gasteiger partial charge in [-0.05, 0) is 49.9 Å². The number of nitrogens with zero attached hydrogens (tertiary/aromatic N) is 3. The van der Waals surface area contributed by atoms with Crippen molar-refractivity contribution < 1.29 is 13.2 Å². The Morgan fingerprint density at radius 1 is 1.14 bits per heavy atom. The summed E-state index contributed by atoms with van der Waals surface area (Å²) in [6, 6.07) is 6.37. The molecular formula is C19H25N5O3S2. The molecule has 4 rings (SSSR count). The summed E-state index contributed by atoms with van der Waals surface area (Å²) >= 11 is 1.27. The molecule has 1 amide bonds. The van der Waals surface area contributed by atoms with Crippen LogP contribution in [-0.4, -0.2) is 52.7 Å². The molecule has 1 aliphatic heterocycles. The predicted octanol–water partition coefficient (Wildman–Crippen LogP) is 2.98. The first kappa shape index (κ1) is 20.4. The lowest BCUT2D eigenvalue weighted by atomic mass is 10.2. The molecule has 0 radical (unpaired) electrons. The summed E-state index contributed by atoms with van der Waals surface area (Å²) in [4.78, 5) is 16.8. The number of amides is 1. The van der Waals surface area contributed by atoms with E-state index in [2.05, 4.69) is 20.5 Å². The van der Waals surface area contributed by atoms with Crippen LogP contribution in [0.2, 0.25) is 0 Å². The number of thioether (sulfide) groups is 1. The van der Waals surface area contributed by atoms with Crippen LogP contribution in [0.15, 0.2) is 34.3 Å². The Bertz CT molecular complexity index is 946. The number of aromatic nitrogens is 3. The molecule has 1 aromatic carbocycles. The van der Waals surface area contributed by atoms with Crippen LogP contribution in [0.4, 0.5) is 5.69 Å². The highest BCUT2D eigenvalue weighted by Gasteiger charge is 2.27. The number of carbonyl (C=O) groups excluding carboxylic acids is 1. The van der Waals surface area contributed by atoms with Gasteiger partial charge in [-0.1, -0.05) is 24.6 Å². The number of aromatic amines is 1. The minimum absolute atomic E-state index is 0.184. The quantitative estimate of drug-likeness (QED) is 0.648. The molecule has 156 valence electrons. The van der Waals surface area contributed by atoms with Gasteiger partial charge in [0.2, 0.25) is 21.1 Å². The molecule has 10 heteroatoms. The first-order chi connectivity index (χ1) is 14.0. The van der Waals surface area contributed by atoms with Crippen LogP contribution >= 0.6 is 11.8 Å². The second-order valence-electron chi connectivity index (χ2n) is 7.46. The Hall–Kier alpha value is -1.91. The van der Waals surface area contributed by atoms with Crippen molar-refractivity contribution >= 4 is 33.4 Å². The molecule has 2 N–H and O–H groups in total. The van der Waals surface area contributed by atoms with E-state index in [1.54, 1.807) is 28.6 Å². The number of H-pyrrole nitrogens is 1. The molecule has 2 aliphatic rings. The van der Waals surface area contributed by atoms with Crippen molar-refractivity contribution in [3.8, 4) is 0 Å². The van der Waals surface area contributed by atoms with Gasteiger partial charge in [-0.3, -0.25) is 9.89 Å². The van der Waals surface area contributed by atoms with Crippen LogP contribution in [0.1, 0.15) is 50.3 Å². The Balaban J connectivity index is 1.31. The zero-order chi connectivity index (χ0) is 20.3. The van der Waals surface area contributed by atoms with Gasteiger partial charge in [-0.2, -0.15) is 4.31 Å². The summed E-state index contributed by atoms with van der Waals surface area (Å²) in [6.45, 7) is 1.14. The third-order valence-electron chi connectivity index (χ3n) is 5.12. The van der Waals surface area contributed by atoms with Gasteiger partial charge in [0.25, 0.3) is 0 Å². The van der Waals surface area contributed by atoms with Crippen molar-refractivity contribution in [2.24, 2.45) is 0 Å². The molecule has 2 heterocycles. The molecule has 8 nitrogen and oxygen atoms in total. The first-order valence-corrected chi connectivity index (χ1v) is 12.4. The van der Waals surface area contributed by atoms with Crippen molar-refractivity contribution in [3.63, 3.8) is 0 Å². The monoisotopic (exact) mass is 435 g/mol. The van der Waals surface area contributed by atoms with Crippen LogP contribution in [0, 0.1) is 0 Å². The van der Waals surface area contributed by atoms with E-state index in [0.29, 0.717) is 29.9 Å². The van der Waals surface area contributed by atoms with Crippen molar-refractivity contribution in [1.29, 1.82) is 0 Å². The van der Waals surface area contributed by atoms with Crippen LogP contribution in [0.3, 0.4) is 0 Å². The molecule has 1 saturated carbocycles. The number of sulfonamides is 1. The van der Waals surface area contributed by atoms with Crippen molar-refractivity contribution in [3.05, 3.63) is 30.1 Å². The molecule has 1 saturated heterocycles. The highest BCUT2D eigenvalue weighted by Crippen LogP contribution is 2.38. The molecule has 2 aromatic rings. The normalized spacial score (nSPS) is 18.3. The second kappa shape index (κ2) is 8.85. The summed E-state index contributed by atoms with van der Waals surface area (Å²) in [6.07, 6.45) is 6.23. The molecular weight excluding hydrogens is 410 g/mol. The fraction of sp³-hybridized carbons (Fsp3) is 0.526. The van der Waals surface area contributed by atoms with Gasteiger partial charge >= 0.3 is 0 Å². The van der Waals surface area contributed by atoms with Crippen LogP contribution < -0.4 is 5.32 Å². The number of nitrogens with one attached hydrogen (secondary N) is 2. The standard InChI is InChI=1S/C19H25N5O3S2/c25-17(13-28-19-21-18(22-23-19)14-5-6-14)20-15-7-9-16(10-8-15)29(26,27)24-11-3-1-2-4-12-24/h7-10,14H,1-6,11-13H2,(H,20,25)(H,21,22,23). The van der Waals surface area contributed by atoms with Gasteiger partial charge in [0.1, 0.15) is 5.82 Å². The zero-order valence-electron chi connectivity index (χ0n) is 16.1. The smallest absolute Gasteiger partial charge is 0.243 e. The third kappa shape index (κ3) is 5.18. The molecule has 0 unspecified atom stereocenters. The molecule has 0 spiro atoms. The summed E-state index contributed by atoms with van der Waals surface area (Å²) in [5.41, 5.74) is 0.569. The molecule has 0 atom stereocenters. The summed E-state index contributed by atoms with van der Waals surface area (Å²) in [5, 5.41) is 10.4. The fourth-order valence-corrected chi connectivity index (χ4v) is 5.45. The van der Waals surface area contributed by atoms with Crippen molar-refractivity contribution in [2.75, 3.05) is 24.2 Å². The van der Waals surface area contributed by atoms with Crippen LogP contribution in [0.5, 0.6) is 0 Å². The Morgan fingerprint density at radius 2 is 1.83 bits per heavy atom. The molecule has 1 aliphatic carbocycles. The largest absolute Gasteiger partial charge is 0.325 e. The van der Waals surface area contributed by atoms with Crippen LogP contribution in [-0.2, 0) is 14.8 Å². The molecule has 2 fully saturated rings. The van der Waals surface area contributed by atoms with Gasteiger partial charge in [0.05, 0.1) is 10.6 Å². The summed E-state index contributed by atoms with van der Waals surface area (Å²) < 4.78 is 27.2. The summed E-state index contributed by atoms with van der Waals surface area (Å²) in [7, 11) is -3.48. The lowest BCUT2D eigenvalue weighted by Gasteiger charge is -2.20. The Labute approximate surface area is 174 Å². The van der Waals surface area contributed by atoms with E-state index in [0.717, 1.165) is 44.3 Å².